The number of hydrogen-bond donors (Lipinski definition) is 1. The lowest BCUT2D eigenvalue weighted by Gasteiger charge is -2.41. The molecular weight excluding hydrogens is 196 g/mol. The van der Waals surface area contributed by atoms with Gasteiger partial charge in [0.25, 0.3) is 0 Å². The molecule has 0 heterocycles. The minimum atomic E-state index is 0.672. The van der Waals surface area contributed by atoms with Crippen LogP contribution < -0.4 is 5.32 Å². The number of nitrogens with one attached hydrogen (secondary N) is 1. The Balaban J connectivity index is 1.54. The molecule has 0 saturated heterocycles. The standard InChI is InChI=1S/C14H26N2/c1-11(2)16(3)9-5-8-15-14-10-12-6-4-7-13(12)14/h4,7,11-15H,5-6,8-10H2,1-3H3. The molecule has 0 bridgehead atoms. The van der Waals surface area contributed by atoms with Crippen molar-refractivity contribution in [3.63, 3.8) is 0 Å². The van der Waals surface area contributed by atoms with E-state index in [-0.39, 0.29) is 0 Å². The van der Waals surface area contributed by atoms with Gasteiger partial charge >= 0.3 is 0 Å². The second-order valence-corrected chi connectivity index (χ2v) is 5.73. The Morgan fingerprint density at radius 3 is 2.94 bits per heavy atom. The summed E-state index contributed by atoms with van der Waals surface area (Å²) in [6.07, 6.45) is 8.79. The molecule has 1 N–H and O–H groups in total. The Hall–Kier alpha value is -0.340. The maximum atomic E-state index is 3.71. The molecule has 2 aliphatic carbocycles. The van der Waals surface area contributed by atoms with E-state index >= 15 is 0 Å². The Morgan fingerprint density at radius 1 is 1.44 bits per heavy atom. The van der Waals surface area contributed by atoms with Crippen molar-refractivity contribution in [3.8, 4) is 0 Å². The monoisotopic (exact) mass is 222 g/mol. The topological polar surface area (TPSA) is 15.3 Å². The fraction of sp³-hybridized carbons (Fsp3) is 0.857. The van der Waals surface area contributed by atoms with E-state index in [0.29, 0.717) is 6.04 Å². The highest BCUT2D eigenvalue weighted by Gasteiger charge is 2.40. The van der Waals surface area contributed by atoms with Gasteiger partial charge in [-0.05, 0) is 65.1 Å². The summed E-state index contributed by atoms with van der Waals surface area (Å²) in [4.78, 5) is 2.42. The average molecular weight is 222 g/mol. The maximum Gasteiger partial charge on any atom is 0.0136 e. The Bertz CT molecular complexity index is 247. The van der Waals surface area contributed by atoms with Gasteiger partial charge in [0.15, 0.2) is 0 Å². The first-order valence-corrected chi connectivity index (χ1v) is 6.78. The Labute approximate surface area is 100 Å². The van der Waals surface area contributed by atoms with Crippen LogP contribution in [0.5, 0.6) is 0 Å². The van der Waals surface area contributed by atoms with Gasteiger partial charge in [-0.1, -0.05) is 12.2 Å². The molecule has 0 aliphatic heterocycles. The van der Waals surface area contributed by atoms with Crippen molar-refractivity contribution in [1.29, 1.82) is 0 Å². The van der Waals surface area contributed by atoms with Gasteiger partial charge in [-0.3, -0.25) is 0 Å². The van der Waals surface area contributed by atoms with Crippen LogP contribution in [0.1, 0.15) is 33.1 Å². The highest BCUT2D eigenvalue weighted by atomic mass is 15.1. The quantitative estimate of drug-likeness (QED) is 0.548. The zero-order chi connectivity index (χ0) is 11.5. The van der Waals surface area contributed by atoms with Crippen LogP contribution in [0.2, 0.25) is 0 Å². The van der Waals surface area contributed by atoms with E-state index in [0.717, 1.165) is 17.9 Å². The van der Waals surface area contributed by atoms with Gasteiger partial charge in [0, 0.05) is 12.1 Å². The molecule has 0 aromatic heterocycles. The molecule has 2 aliphatic rings. The first-order chi connectivity index (χ1) is 7.68. The summed E-state index contributed by atoms with van der Waals surface area (Å²) < 4.78 is 0. The van der Waals surface area contributed by atoms with E-state index < -0.39 is 0 Å². The minimum Gasteiger partial charge on any atom is -0.313 e. The van der Waals surface area contributed by atoms with E-state index in [1.165, 1.54) is 32.4 Å². The van der Waals surface area contributed by atoms with Crippen molar-refractivity contribution in [2.24, 2.45) is 11.8 Å². The number of nitrogens with zero attached hydrogens (tertiary/aromatic N) is 1. The van der Waals surface area contributed by atoms with Gasteiger partial charge in [0.2, 0.25) is 0 Å². The summed E-state index contributed by atoms with van der Waals surface area (Å²) in [5.41, 5.74) is 0. The van der Waals surface area contributed by atoms with Crippen LogP contribution in [0.4, 0.5) is 0 Å². The second-order valence-electron chi connectivity index (χ2n) is 5.73. The van der Waals surface area contributed by atoms with E-state index in [2.05, 4.69) is 43.3 Å². The third-order valence-corrected chi connectivity index (χ3v) is 4.34. The molecule has 1 saturated carbocycles. The Morgan fingerprint density at radius 2 is 2.25 bits per heavy atom. The predicted octanol–water partition coefficient (Wildman–Crippen LogP) is 2.27. The van der Waals surface area contributed by atoms with Crippen LogP contribution in [-0.4, -0.2) is 37.1 Å². The third-order valence-electron chi connectivity index (χ3n) is 4.34. The van der Waals surface area contributed by atoms with Gasteiger partial charge in [0.05, 0.1) is 0 Å². The predicted molar refractivity (Wildman–Crippen MR) is 69.5 cm³/mol. The van der Waals surface area contributed by atoms with Crippen LogP contribution in [0.15, 0.2) is 12.2 Å². The lowest BCUT2D eigenvalue weighted by Crippen LogP contribution is -2.48. The molecule has 2 rings (SSSR count). The summed E-state index contributed by atoms with van der Waals surface area (Å²) in [5.74, 6) is 1.85. The van der Waals surface area contributed by atoms with E-state index in [4.69, 9.17) is 0 Å². The van der Waals surface area contributed by atoms with Crippen molar-refractivity contribution in [2.75, 3.05) is 20.1 Å². The molecule has 2 nitrogen and oxygen atoms in total. The van der Waals surface area contributed by atoms with E-state index in [9.17, 15) is 0 Å². The smallest absolute Gasteiger partial charge is 0.0136 e. The van der Waals surface area contributed by atoms with Crippen LogP contribution in [0.25, 0.3) is 0 Å². The largest absolute Gasteiger partial charge is 0.313 e. The van der Waals surface area contributed by atoms with Crippen molar-refractivity contribution in [2.45, 2.75) is 45.2 Å². The molecule has 2 heteroatoms. The van der Waals surface area contributed by atoms with Gasteiger partial charge in [0.1, 0.15) is 0 Å². The van der Waals surface area contributed by atoms with Gasteiger partial charge in [-0.2, -0.15) is 0 Å². The molecule has 0 aromatic carbocycles. The molecule has 16 heavy (non-hydrogen) atoms. The minimum absolute atomic E-state index is 0.672. The fourth-order valence-corrected chi connectivity index (χ4v) is 2.82. The van der Waals surface area contributed by atoms with Gasteiger partial charge in [-0.15, -0.1) is 0 Å². The summed E-state index contributed by atoms with van der Waals surface area (Å²) in [5, 5.41) is 3.71. The number of rotatable bonds is 6. The normalized spacial score (nSPS) is 32.2. The van der Waals surface area contributed by atoms with E-state index in [1.54, 1.807) is 0 Å². The highest BCUT2D eigenvalue weighted by Crippen LogP contribution is 2.42. The lowest BCUT2D eigenvalue weighted by atomic mass is 9.71. The molecule has 3 unspecified atom stereocenters. The van der Waals surface area contributed by atoms with Crippen LogP contribution in [0, 0.1) is 11.8 Å². The molecular formula is C14H26N2. The summed E-state index contributed by atoms with van der Waals surface area (Å²) >= 11 is 0. The zero-order valence-electron chi connectivity index (χ0n) is 10.9. The summed E-state index contributed by atoms with van der Waals surface area (Å²) in [7, 11) is 2.21. The zero-order valence-corrected chi connectivity index (χ0v) is 10.9. The molecule has 0 amide bonds. The Kier molecular flexibility index (Phi) is 4.04. The molecule has 92 valence electrons. The highest BCUT2D eigenvalue weighted by molar-refractivity contribution is 5.12. The van der Waals surface area contributed by atoms with Crippen LogP contribution in [0.3, 0.4) is 0 Å². The average Bonchev–Trinajstić information content (AvgIpc) is 2.59. The second kappa shape index (κ2) is 5.33. The third kappa shape index (κ3) is 2.67. The van der Waals surface area contributed by atoms with Crippen LogP contribution >= 0.6 is 0 Å². The fourth-order valence-electron chi connectivity index (χ4n) is 2.82. The summed E-state index contributed by atoms with van der Waals surface area (Å²) in [6, 6.07) is 1.46. The maximum absolute atomic E-state index is 3.71. The summed E-state index contributed by atoms with van der Waals surface area (Å²) in [6.45, 7) is 6.90. The molecule has 1 fully saturated rings. The van der Waals surface area contributed by atoms with Crippen molar-refractivity contribution < 1.29 is 0 Å². The number of fused-ring (bicyclic) bond motifs is 1. The number of allylic oxidation sites excluding steroid dienone is 1. The molecule has 0 radical (unpaired) electrons. The molecule has 0 spiro atoms. The van der Waals surface area contributed by atoms with Crippen molar-refractivity contribution >= 4 is 0 Å². The van der Waals surface area contributed by atoms with Gasteiger partial charge in [-0.25, -0.2) is 0 Å². The lowest BCUT2D eigenvalue weighted by molar-refractivity contribution is 0.161. The number of hydrogen-bond acceptors (Lipinski definition) is 2. The van der Waals surface area contributed by atoms with Crippen LogP contribution in [-0.2, 0) is 0 Å². The van der Waals surface area contributed by atoms with Gasteiger partial charge < -0.3 is 10.2 Å². The molecule has 3 atom stereocenters. The van der Waals surface area contributed by atoms with Crippen molar-refractivity contribution in [3.05, 3.63) is 12.2 Å². The SMILES string of the molecule is CC(C)N(C)CCCNC1CC2CC=CC21. The van der Waals surface area contributed by atoms with E-state index in [1.807, 2.05) is 0 Å². The first-order valence-electron chi connectivity index (χ1n) is 6.78. The van der Waals surface area contributed by atoms with Crippen molar-refractivity contribution in [1.82, 2.24) is 10.2 Å². The first kappa shape index (κ1) is 12.1. The molecule has 0 aromatic rings.